The van der Waals surface area contributed by atoms with Gasteiger partial charge in [0.15, 0.2) is 5.78 Å². The molecule has 3 heteroatoms. The molecule has 3 fully saturated rings. The molecular formula is C20H30O3. The number of rotatable bonds is 1. The van der Waals surface area contributed by atoms with Crippen molar-refractivity contribution in [2.75, 3.05) is 0 Å². The first kappa shape index (κ1) is 15.8. The third-order valence-electron chi connectivity index (χ3n) is 8.21. The Bertz CT molecular complexity index is 551. The van der Waals surface area contributed by atoms with Crippen LogP contribution in [0.4, 0.5) is 0 Å². The second-order valence-corrected chi connectivity index (χ2v) is 8.90. The summed E-state index contributed by atoms with van der Waals surface area (Å²) in [4.78, 5) is 11.7. The van der Waals surface area contributed by atoms with Crippen molar-refractivity contribution >= 4 is 5.78 Å². The lowest BCUT2D eigenvalue weighted by Gasteiger charge is -2.56. The van der Waals surface area contributed by atoms with Crippen molar-refractivity contribution in [3.05, 3.63) is 11.6 Å². The summed E-state index contributed by atoms with van der Waals surface area (Å²) in [5.41, 5.74) is 0.352. The van der Waals surface area contributed by atoms with Crippen LogP contribution in [-0.2, 0) is 4.79 Å². The topological polar surface area (TPSA) is 57.5 Å². The molecule has 4 aliphatic carbocycles. The van der Waals surface area contributed by atoms with Crippen LogP contribution in [0.1, 0.15) is 65.2 Å². The highest BCUT2D eigenvalue weighted by Crippen LogP contribution is 2.65. The molecule has 0 aliphatic heterocycles. The summed E-state index contributed by atoms with van der Waals surface area (Å²) in [6, 6.07) is 0. The van der Waals surface area contributed by atoms with Gasteiger partial charge in [0.1, 0.15) is 0 Å². The second-order valence-electron chi connectivity index (χ2n) is 8.90. The number of hydrogen-bond acceptors (Lipinski definition) is 3. The zero-order valence-corrected chi connectivity index (χ0v) is 14.4. The number of carbonyl (C=O) groups excluding carboxylic acids is 1. The van der Waals surface area contributed by atoms with E-state index < -0.39 is 11.7 Å². The van der Waals surface area contributed by atoms with E-state index in [4.69, 9.17) is 0 Å². The molecule has 6 unspecified atom stereocenters. The Morgan fingerprint density at radius 3 is 2.65 bits per heavy atom. The van der Waals surface area contributed by atoms with Gasteiger partial charge in [-0.2, -0.15) is 0 Å². The maximum absolute atomic E-state index is 11.7. The second kappa shape index (κ2) is 5.16. The van der Waals surface area contributed by atoms with Crippen LogP contribution in [0.2, 0.25) is 0 Å². The maximum Gasteiger partial charge on any atom is 0.155 e. The van der Waals surface area contributed by atoms with Crippen LogP contribution < -0.4 is 0 Å². The molecule has 3 saturated carbocycles. The van der Waals surface area contributed by atoms with Gasteiger partial charge in [0.25, 0.3) is 0 Å². The zero-order valence-electron chi connectivity index (χ0n) is 14.4. The van der Waals surface area contributed by atoms with Gasteiger partial charge in [-0.05, 0) is 81.6 Å². The Hall–Kier alpha value is -0.670. The minimum absolute atomic E-state index is 0.145. The number of ketones is 1. The Morgan fingerprint density at radius 2 is 1.91 bits per heavy atom. The molecule has 4 rings (SSSR count). The van der Waals surface area contributed by atoms with Crippen LogP contribution in [0.15, 0.2) is 11.6 Å². The summed E-state index contributed by atoms with van der Waals surface area (Å²) in [5.74, 6) is 2.81. The van der Waals surface area contributed by atoms with E-state index in [0.29, 0.717) is 29.5 Å². The number of allylic oxidation sites excluding steroid dienone is 1. The lowest BCUT2D eigenvalue weighted by molar-refractivity contribution is -0.167. The average Bonchev–Trinajstić information content (AvgIpc) is 2.80. The van der Waals surface area contributed by atoms with Gasteiger partial charge in [-0.15, -0.1) is 0 Å². The standard InChI is InChI=1S/C20H30O3/c1-12(21)20(23)10-8-18-17-5-3-13-11-14(22)4-6-15(13)16(17)7-9-19(18,20)2/h11-12,15-18,21,23H,3-10H2,1-2H3/t12?,15?,16?,17?,18?,19?,20-/m0/s1. The van der Waals surface area contributed by atoms with Crippen LogP contribution in [0.3, 0.4) is 0 Å². The fraction of sp³-hybridized carbons (Fsp3) is 0.850. The van der Waals surface area contributed by atoms with E-state index in [1.807, 2.05) is 6.08 Å². The van der Waals surface area contributed by atoms with Gasteiger partial charge >= 0.3 is 0 Å². The smallest absolute Gasteiger partial charge is 0.155 e. The van der Waals surface area contributed by atoms with Crippen LogP contribution in [-0.4, -0.2) is 27.7 Å². The van der Waals surface area contributed by atoms with Crippen molar-refractivity contribution in [2.45, 2.75) is 76.9 Å². The van der Waals surface area contributed by atoms with Crippen molar-refractivity contribution in [1.82, 2.24) is 0 Å². The van der Waals surface area contributed by atoms with Gasteiger partial charge in [-0.3, -0.25) is 4.79 Å². The molecule has 0 heterocycles. The van der Waals surface area contributed by atoms with E-state index in [1.165, 1.54) is 5.57 Å². The van der Waals surface area contributed by atoms with E-state index >= 15 is 0 Å². The Morgan fingerprint density at radius 1 is 1.13 bits per heavy atom. The largest absolute Gasteiger partial charge is 0.390 e. The lowest BCUT2D eigenvalue weighted by atomic mass is 9.50. The SMILES string of the molecule is CC(O)[C@@]1(O)CCC2C3CCC4=CC(=O)CCC4C3CCC21C. The summed E-state index contributed by atoms with van der Waals surface area (Å²) in [6.07, 6.45) is 9.21. The monoisotopic (exact) mass is 318 g/mol. The normalized spacial score (nSPS) is 50.6. The van der Waals surface area contributed by atoms with Crippen molar-refractivity contribution in [3.8, 4) is 0 Å². The van der Waals surface area contributed by atoms with Gasteiger partial charge in [0.2, 0.25) is 0 Å². The average molecular weight is 318 g/mol. The summed E-state index contributed by atoms with van der Waals surface area (Å²) in [6.45, 7) is 3.98. The first-order valence-corrected chi connectivity index (χ1v) is 9.50. The molecule has 0 aromatic heterocycles. The molecule has 7 atom stereocenters. The van der Waals surface area contributed by atoms with Gasteiger partial charge < -0.3 is 10.2 Å². The third kappa shape index (κ3) is 2.05. The number of aliphatic hydroxyl groups excluding tert-OH is 1. The molecule has 0 aromatic rings. The fourth-order valence-electron chi connectivity index (χ4n) is 6.92. The maximum atomic E-state index is 11.7. The molecule has 128 valence electrons. The van der Waals surface area contributed by atoms with Crippen LogP contribution in [0, 0.1) is 29.1 Å². The van der Waals surface area contributed by atoms with Gasteiger partial charge in [-0.25, -0.2) is 0 Å². The van der Waals surface area contributed by atoms with Crippen LogP contribution in [0.25, 0.3) is 0 Å². The van der Waals surface area contributed by atoms with Crippen molar-refractivity contribution in [3.63, 3.8) is 0 Å². The highest BCUT2D eigenvalue weighted by Gasteiger charge is 2.63. The molecular weight excluding hydrogens is 288 g/mol. The Balaban J connectivity index is 1.64. The molecule has 0 bridgehead atoms. The summed E-state index contributed by atoms with van der Waals surface area (Å²) >= 11 is 0. The van der Waals surface area contributed by atoms with E-state index in [2.05, 4.69) is 6.92 Å². The van der Waals surface area contributed by atoms with Gasteiger partial charge in [0, 0.05) is 11.8 Å². The first-order chi connectivity index (χ1) is 10.9. The van der Waals surface area contributed by atoms with Crippen LogP contribution >= 0.6 is 0 Å². The first-order valence-electron chi connectivity index (χ1n) is 9.50. The molecule has 0 saturated heterocycles. The minimum atomic E-state index is -0.915. The highest BCUT2D eigenvalue weighted by atomic mass is 16.3. The van der Waals surface area contributed by atoms with Crippen molar-refractivity contribution < 1.29 is 15.0 Å². The number of hydrogen-bond donors (Lipinski definition) is 2. The molecule has 0 aromatic carbocycles. The molecule has 0 spiro atoms. The number of fused-ring (bicyclic) bond motifs is 5. The summed E-state index contributed by atoms with van der Waals surface area (Å²) in [5, 5.41) is 21.4. The van der Waals surface area contributed by atoms with E-state index in [9.17, 15) is 15.0 Å². The molecule has 2 N–H and O–H groups in total. The van der Waals surface area contributed by atoms with E-state index in [1.54, 1.807) is 6.92 Å². The van der Waals surface area contributed by atoms with Crippen molar-refractivity contribution in [1.29, 1.82) is 0 Å². The molecule has 0 radical (unpaired) electrons. The summed E-state index contributed by atoms with van der Waals surface area (Å²) < 4.78 is 0. The molecule has 3 nitrogen and oxygen atoms in total. The quantitative estimate of drug-likeness (QED) is 0.780. The number of aliphatic hydroxyl groups is 2. The predicted molar refractivity (Wildman–Crippen MR) is 88.7 cm³/mol. The molecule has 4 aliphatic rings. The lowest BCUT2D eigenvalue weighted by Crippen LogP contribution is -2.57. The Labute approximate surface area is 139 Å². The fourth-order valence-corrected chi connectivity index (χ4v) is 6.92. The third-order valence-corrected chi connectivity index (χ3v) is 8.21. The highest BCUT2D eigenvalue weighted by molar-refractivity contribution is 5.91. The van der Waals surface area contributed by atoms with Gasteiger partial charge in [0.05, 0.1) is 11.7 Å². The van der Waals surface area contributed by atoms with E-state index in [0.717, 1.165) is 51.4 Å². The number of carbonyl (C=O) groups is 1. The van der Waals surface area contributed by atoms with Gasteiger partial charge in [-0.1, -0.05) is 12.5 Å². The van der Waals surface area contributed by atoms with E-state index in [-0.39, 0.29) is 5.41 Å². The molecule has 23 heavy (non-hydrogen) atoms. The predicted octanol–water partition coefficient (Wildman–Crippen LogP) is 3.24. The van der Waals surface area contributed by atoms with Crippen molar-refractivity contribution in [2.24, 2.45) is 29.1 Å². The summed E-state index contributed by atoms with van der Waals surface area (Å²) in [7, 11) is 0. The Kier molecular flexibility index (Phi) is 3.55. The zero-order chi connectivity index (χ0) is 16.4. The van der Waals surface area contributed by atoms with Crippen LogP contribution in [0.5, 0.6) is 0 Å². The molecule has 0 amide bonds. The minimum Gasteiger partial charge on any atom is -0.390 e.